The molecule has 0 spiro atoms. The molecule has 0 radical (unpaired) electrons. The Labute approximate surface area is 92.9 Å². The third kappa shape index (κ3) is 1.82. The predicted octanol–water partition coefficient (Wildman–Crippen LogP) is 3.00. The van der Waals surface area contributed by atoms with Crippen molar-refractivity contribution in [3.8, 4) is 0 Å². The van der Waals surface area contributed by atoms with E-state index in [9.17, 15) is 0 Å². The molecule has 2 heteroatoms. The second-order valence-corrected chi connectivity index (χ2v) is 5.15. The largest absolute Gasteiger partial charge is 0.398 e. The van der Waals surface area contributed by atoms with Gasteiger partial charge in [0.1, 0.15) is 0 Å². The number of hydrogen-bond donors (Lipinski definition) is 1. The minimum absolute atomic E-state index is 0.840. The molecule has 1 nitrogen and oxygen atoms in total. The monoisotopic (exact) mass is 287 g/mol. The number of nitrogen functional groups attached to an aromatic ring is 1. The zero-order valence-electron chi connectivity index (χ0n) is 7.81. The van der Waals surface area contributed by atoms with Crippen molar-refractivity contribution in [1.82, 2.24) is 0 Å². The Bertz CT molecular complexity index is 333. The molecule has 0 amide bonds. The number of aryl methyl sites for hydroxylation is 1. The van der Waals surface area contributed by atoms with Gasteiger partial charge in [-0.15, -0.1) is 0 Å². The normalized spacial score (nSPS) is 21.2. The summed E-state index contributed by atoms with van der Waals surface area (Å²) in [5, 5.41) is 0. The van der Waals surface area contributed by atoms with Gasteiger partial charge in [0.15, 0.2) is 0 Å². The van der Waals surface area contributed by atoms with Crippen LogP contribution in [0.5, 0.6) is 0 Å². The van der Waals surface area contributed by atoms with Crippen molar-refractivity contribution in [2.45, 2.75) is 26.2 Å². The fraction of sp³-hybridized carbons (Fsp3) is 0.455. The fourth-order valence-corrected chi connectivity index (χ4v) is 2.51. The first-order chi connectivity index (χ1) is 6.16. The molecule has 1 atom stereocenters. The highest BCUT2D eigenvalue weighted by Crippen LogP contribution is 2.29. The van der Waals surface area contributed by atoms with E-state index >= 15 is 0 Å². The molecule has 1 aromatic carbocycles. The average molecular weight is 287 g/mol. The van der Waals surface area contributed by atoms with Gasteiger partial charge >= 0.3 is 0 Å². The van der Waals surface area contributed by atoms with Gasteiger partial charge in [0.25, 0.3) is 0 Å². The van der Waals surface area contributed by atoms with E-state index in [1.54, 1.807) is 0 Å². The van der Waals surface area contributed by atoms with Crippen molar-refractivity contribution in [2.75, 3.05) is 5.73 Å². The second-order valence-electron chi connectivity index (χ2n) is 3.99. The van der Waals surface area contributed by atoms with Gasteiger partial charge in [0, 0.05) is 9.26 Å². The summed E-state index contributed by atoms with van der Waals surface area (Å²) < 4.78 is 1.20. The minimum atomic E-state index is 0.840. The topological polar surface area (TPSA) is 26.0 Å². The van der Waals surface area contributed by atoms with Gasteiger partial charge in [-0.2, -0.15) is 0 Å². The van der Waals surface area contributed by atoms with Gasteiger partial charge in [0.05, 0.1) is 0 Å². The van der Waals surface area contributed by atoms with E-state index in [1.807, 2.05) is 0 Å². The lowest BCUT2D eigenvalue weighted by atomic mass is 9.85. The Kier molecular flexibility index (Phi) is 2.49. The van der Waals surface area contributed by atoms with Gasteiger partial charge in [-0.1, -0.05) is 6.92 Å². The van der Waals surface area contributed by atoms with Crippen LogP contribution in [0.15, 0.2) is 12.1 Å². The van der Waals surface area contributed by atoms with Crippen LogP contribution >= 0.6 is 22.6 Å². The van der Waals surface area contributed by atoms with Gasteiger partial charge in [-0.05, 0) is 71.0 Å². The van der Waals surface area contributed by atoms with Crippen LogP contribution in [0.4, 0.5) is 5.69 Å². The molecule has 0 bridgehead atoms. The summed E-state index contributed by atoms with van der Waals surface area (Å²) in [4.78, 5) is 0. The van der Waals surface area contributed by atoms with Crippen LogP contribution in [-0.2, 0) is 12.8 Å². The van der Waals surface area contributed by atoms with E-state index in [0.29, 0.717) is 0 Å². The Morgan fingerprint density at radius 2 is 2.15 bits per heavy atom. The number of fused-ring (bicyclic) bond motifs is 1. The third-order valence-corrected chi connectivity index (χ3v) is 3.73. The number of hydrogen-bond acceptors (Lipinski definition) is 1. The molecule has 1 aliphatic rings. The summed E-state index contributed by atoms with van der Waals surface area (Å²) in [6, 6.07) is 4.41. The van der Waals surface area contributed by atoms with Gasteiger partial charge in [0.2, 0.25) is 0 Å². The number of rotatable bonds is 0. The van der Waals surface area contributed by atoms with E-state index in [0.717, 1.165) is 11.6 Å². The van der Waals surface area contributed by atoms with Crippen molar-refractivity contribution in [1.29, 1.82) is 0 Å². The van der Waals surface area contributed by atoms with Crippen molar-refractivity contribution < 1.29 is 0 Å². The number of halogens is 1. The molecule has 0 aromatic heterocycles. The number of nitrogens with two attached hydrogens (primary N) is 1. The molecule has 0 fully saturated rings. The Hall–Kier alpha value is -0.250. The molecule has 2 rings (SSSR count). The molecule has 0 heterocycles. The lowest BCUT2D eigenvalue weighted by Gasteiger charge is -2.22. The minimum Gasteiger partial charge on any atom is -0.398 e. The van der Waals surface area contributed by atoms with Crippen LogP contribution < -0.4 is 5.73 Å². The summed E-state index contributed by atoms with van der Waals surface area (Å²) in [5.41, 5.74) is 9.79. The van der Waals surface area contributed by atoms with Crippen molar-refractivity contribution in [2.24, 2.45) is 5.92 Å². The number of anilines is 1. The second kappa shape index (κ2) is 3.48. The van der Waals surface area contributed by atoms with Crippen LogP contribution in [0.25, 0.3) is 0 Å². The first kappa shape index (κ1) is 9.31. The van der Waals surface area contributed by atoms with Gasteiger partial charge < -0.3 is 5.73 Å². The molecule has 1 unspecified atom stereocenters. The highest BCUT2D eigenvalue weighted by molar-refractivity contribution is 14.1. The average Bonchev–Trinajstić information content (AvgIpc) is 2.08. The van der Waals surface area contributed by atoms with E-state index in [4.69, 9.17) is 5.73 Å². The molecule has 0 saturated heterocycles. The molecular weight excluding hydrogens is 273 g/mol. The van der Waals surface area contributed by atoms with Crippen molar-refractivity contribution >= 4 is 28.3 Å². The summed E-state index contributed by atoms with van der Waals surface area (Å²) in [6.07, 6.45) is 3.75. The fourth-order valence-electron chi connectivity index (χ4n) is 1.98. The van der Waals surface area contributed by atoms with Gasteiger partial charge in [-0.3, -0.25) is 0 Å². The van der Waals surface area contributed by atoms with Crippen LogP contribution in [-0.4, -0.2) is 0 Å². The zero-order valence-corrected chi connectivity index (χ0v) is 9.97. The lowest BCUT2D eigenvalue weighted by molar-refractivity contribution is 0.501. The Morgan fingerprint density at radius 3 is 2.92 bits per heavy atom. The smallest absolute Gasteiger partial charge is 0.0452 e. The molecule has 1 aliphatic carbocycles. The first-order valence-electron chi connectivity index (χ1n) is 4.73. The first-order valence-corrected chi connectivity index (χ1v) is 5.81. The molecule has 0 aliphatic heterocycles. The standard InChI is InChI=1S/C11H14IN/c1-7-2-3-8-6-11(13)10(12)5-9(8)4-7/h5-7H,2-4,13H2,1H3. The molecule has 1 aromatic rings. The van der Waals surface area contributed by atoms with E-state index in [2.05, 4.69) is 41.6 Å². The molecule has 70 valence electrons. The van der Waals surface area contributed by atoms with Crippen molar-refractivity contribution in [3.63, 3.8) is 0 Å². The van der Waals surface area contributed by atoms with Crippen LogP contribution in [0.3, 0.4) is 0 Å². The van der Waals surface area contributed by atoms with Crippen molar-refractivity contribution in [3.05, 3.63) is 26.8 Å². The van der Waals surface area contributed by atoms with Crippen LogP contribution in [0.2, 0.25) is 0 Å². The molecular formula is C11H14IN. The Balaban J connectivity index is 2.43. The van der Waals surface area contributed by atoms with E-state index < -0.39 is 0 Å². The molecule has 2 N–H and O–H groups in total. The van der Waals surface area contributed by atoms with Crippen LogP contribution in [0, 0.1) is 9.49 Å². The van der Waals surface area contributed by atoms with Crippen LogP contribution in [0.1, 0.15) is 24.5 Å². The summed E-state index contributed by atoms with van der Waals surface area (Å²) in [7, 11) is 0. The SMILES string of the molecule is CC1CCc2cc(N)c(I)cc2C1. The van der Waals surface area contributed by atoms with E-state index in [-0.39, 0.29) is 0 Å². The maximum atomic E-state index is 5.87. The predicted molar refractivity (Wildman–Crippen MR) is 64.8 cm³/mol. The Morgan fingerprint density at radius 1 is 1.38 bits per heavy atom. The maximum Gasteiger partial charge on any atom is 0.0452 e. The third-order valence-electron chi connectivity index (χ3n) is 2.79. The summed E-state index contributed by atoms with van der Waals surface area (Å²) >= 11 is 2.31. The molecule has 0 saturated carbocycles. The molecule has 13 heavy (non-hydrogen) atoms. The summed E-state index contributed by atoms with van der Waals surface area (Å²) in [5.74, 6) is 0.840. The lowest BCUT2D eigenvalue weighted by Crippen LogP contribution is -2.12. The summed E-state index contributed by atoms with van der Waals surface area (Å²) in [6.45, 7) is 2.33. The highest BCUT2D eigenvalue weighted by Gasteiger charge is 2.15. The zero-order chi connectivity index (χ0) is 9.42. The van der Waals surface area contributed by atoms with E-state index in [1.165, 1.54) is 34.0 Å². The maximum absolute atomic E-state index is 5.87. The quantitative estimate of drug-likeness (QED) is 0.576. The van der Waals surface area contributed by atoms with Gasteiger partial charge in [-0.25, -0.2) is 0 Å². The number of benzene rings is 1. The highest BCUT2D eigenvalue weighted by atomic mass is 127.